The molecular formula is C21H23N7O. The summed E-state index contributed by atoms with van der Waals surface area (Å²) in [5.74, 6) is 3.86. The van der Waals surface area contributed by atoms with Crippen molar-refractivity contribution >= 4 is 11.0 Å². The van der Waals surface area contributed by atoms with Crippen LogP contribution in [0.5, 0.6) is 0 Å². The molecule has 1 saturated carbocycles. The van der Waals surface area contributed by atoms with Crippen LogP contribution < -0.4 is 0 Å². The largest absolute Gasteiger partial charge is 0.384 e. The number of aromatic nitrogens is 7. The van der Waals surface area contributed by atoms with E-state index in [0.717, 1.165) is 22.7 Å². The molecule has 1 N–H and O–H groups in total. The Bertz CT molecular complexity index is 1230. The number of aryl methyl sites for hydroxylation is 4. The normalized spacial score (nSPS) is 21.5. The molecule has 0 aliphatic heterocycles. The van der Waals surface area contributed by atoms with Gasteiger partial charge in [0.15, 0.2) is 5.82 Å². The van der Waals surface area contributed by atoms with Gasteiger partial charge in [-0.25, -0.2) is 19.9 Å². The average Bonchev–Trinajstić information content (AvgIpc) is 3.17. The highest BCUT2D eigenvalue weighted by atomic mass is 16.3. The molecule has 0 amide bonds. The summed E-state index contributed by atoms with van der Waals surface area (Å²) in [7, 11) is 2.03. The van der Waals surface area contributed by atoms with Crippen molar-refractivity contribution in [2.24, 2.45) is 7.05 Å². The lowest BCUT2D eigenvalue weighted by molar-refractivity contribution is -0.0612. The van der Waals surface area contributed by atoms with Crippen LogP contribution in [0.3, 0.4) is 0 Å². The summed E-state index contributed by atoms with van der Waals surface area (Å²) < 4.78 is 3.82. The quantitative estimate of drug-likeness (QED) is 0.579. The second-order valence-corrected chi connectivity index (χ2v) is 7.93. The van der Waals surface area contributed by atoms with Crippen molar-refractivity contribution in [2.75, 3.05) is 0 Å². The fourth-order valence-electron chi connectivity index (χ4n) is 4.31. The van der Waals surface area contributed by atoms with Crippen molar-refractivity contribution in [3.05, 3.63) is 59.3 Å². The SMILES string of the molecule is Cc1nc(-n2nc(C)nc2C)cc(C2(O)CC(c3nc4ccccc4n3C)C2)n1. The first-order valence-corrected chi connectivity index (χ1v) is 9.74. The highest BCUT2D eigenvalue weighted by Gasteiger charge is 2.47. The number of aliphatic hydroxyl groups is 1. The van der Waals surface area contributed by atoms with E-state index in [1.807, 2.05) is 52.1 Å². The Kier molecular flexibility index (Phi) is 3.82. The molecule has 3 aromatic heterocycles. The highest BCUT2D eigenvalue weighted by molar-refractivity contribution is 5.76. The number of hydrogen-bond donors (Lipinski definition) is 1. The van der Waals surface area contributed by atoms with Crippen LogP contribution in [0.15, 0.2) is 30.3 Å². The van der Waals surface area contributed by atoms with E-state index in [9.17, 15) is 5.11 Å². The van der Waals surface area contributed by atoms with Crippen molar-refractivity contribution in [1.82, 2.24) is 34.3 Å². The molecule has 148 valence electrons. The summed E-state index contributed by atoms with van der Waals surface area (Å²) in [5.41, 5.74) is 1.73. The predicted octanol–water partition coefficient (Wildman–Crippen LogP) is 2.63. The number of imidazole rings is 1. The summed E-state index contributed by atoms with van der Waals surface area (Å²) in [6.45, 7) is 5.56. The Balaban J connectivity index is 1.46. The molecule has 0 spiro atoms. The minimum atomic E-state index is -0.991. The second-order valence-electron chi connectivity index (χ2n) is 7.93. The molecule has 8 nitrogen and oxygen atoms in total. The zero-order valence-electron chi connectivity index (χ0n) is 17.0. The van der Waals surface area contributed by atoms with E-state index >= 15 is 0 Å². The molecule has 0 radical (unpaired) electrons. The fraction of sp³-hybridized carbons (Fsp3) is 0.381. The topological polar surface area (TPSA) is 94.5 Å². The monoisotopic (exact) mass is 389 g/mol. The lowest BCUT2D eigenvalue weighted by atomic mass is 9.68. The molecule has 3 heterocycles. The lowest BCUT2D eigenvalue weighted by Gasteiger charge is -2.42. The molecule has 1 fully saturated rings. The van der Waals surface area contributed by atoms with Gasteiger partial charge in [0.1, 0.15) is 28.9 Å². The molecule has 29 heavy (non-hydrogen) atoms. The Morgan fingerprint density at radius 2 is 1.76 bits per heavy atom. The number of hydrogen-bond acceptors (Lipinski definition) is 6. The van der Waals surface area contributed by atoms with Crippen LogP contribution in [0.2, 0.25) is 0 Å². The lowest BCUT2D eigenvalue weighted by Crippen LogP contribution is -2.41. The van der Waals surface area contributed by atoms with Crippen molar-refractivity contribution in [3.63, 3.8) is 0 Å². The van der Waals surface area contributed by atoms with Crippen LogP contribution in [-0.2, 0) is 12.6 Å². The standard InChI is InChI=1S/C21H23N7O/c1-12-23-18(9-19(24-12)28-14(3)22-13(2)26-28)21(29)10-15(11-21)20-25-16-7-5-6-8-17(16)27(20)4/h5-9,15,29H,10-11H2,1-4H3. The minimum absolute atomic E-state index is 0.187. The molecule has 0 saturated heterocycles. The third-order valence-electron chi connectivity index (χ3n) is 5.75. The van der Waals surface area contributed by atoms with Crippen molar-refractivity contribution < 1.29 is 5.11 Å². The van der Waals surface area contributed by atoms with Crippen LogP contribution >= 0.6 is 0 Å². The molecular weight excluding hydrogens is 366 g/mol. The molecule has 0 bridgehead atoms. The Morgan fingerprint density at radius 3 is 2.45 bits per heavy atom. The smallest absolute Gasteiger partial charge is 0.159 e. The summed E-state index contributed by atoms with van der Waals surface area (Å²) in [6.07, 6.45) is 1.16. The third-order valence-corrected chi connectivity index (χ3v) is 5.75. The molecule has 1 aliphatic carbocycles. The Labute approximate surface area is 168 Å². The number of rotatable bonds is 3. The van der Waals surface area contributed by atoms with Crippen LogP contribution in [0.25, 0.3) is 16.9 Å². The molecule has 8 heteroatoms. The van der Waals surface area contributed by atoms with E-state index in [-0.39, 0.29) is 5.92 Å². The summed E-state index contributed by atoms with van der Waals surface area (Å²) in [6, 6.07) is 9.92. The van der Waals surface area contributed by atoms with E-state index in [2.05, 4.69) is 30.7 Å². The Hall–Kier alpha value is -3.13. The first-order chi connectivity index (χ1) is 13.8. The maximum absolute atomic E-state index is 11.3. The summed E-state index contributed by atoms with van der Waals surface area (Å²) in [4.78, 5) is 18.2. The van der Waals surface area contributed by atoms with Crippen molar-refractivity contribution in [3.8, 4) is 5.82 Å². The molecule has 4 aromatic rings. The zero-order chi connectivity index (χ0) is 20.3. The van der Waals surface area contributed by atoms with Crippen molar-refractivity contribution in [1.29, 1.82) is 0 Å². The van der Waals surface area contributed by atoms with E-state index in [1.54, 1.807) is 4.68 Å². The molecule has 0 unspecified atom stereocenters. The van der Waals surface area contributed by atoms with Gasteiger partial charge in [-0.1, -0.05) is 12.1 Å². The maximum Gasteiger partial charge on any atom is 0.159 e. The Morgan fingerprint density at radius 1 is 1.00 bits per heavy atom. The van der Waals surface area contributed by atoms with Gasteiger partial charge in [-0.2, -0.15) is 4.68 Å². The molecule has 5 rings (SSSR count). The summed E-state index contributed by atoms with van der Waals surface area (Å²) >= 11 is 0. The van der Waals surface area contributed by atoms with E-state index in [0.29, 0.717) is 36.0 Å². The fourth-order valence-corrected chi connectivity index (χ4v) is 4.31. The highest BCUT2D eigenvalue weighted by Crippen LogP contribution is 2.50. The number of nitrogens with zero attached hydrogens (tertiary/aromatic N) is 7. The van der Waals surface area contributed by atoms with Gasteiger partial charge in [-0.15, -0.1) is 5.10 Å². The second kappa shape index (κ2) is 6.18. The van der Waals surface area contributed by atoms with E-state index < -0.39 is 5.60 Å². The van der Waals surface area contributed by atoms with Gasteiger partial charge in [0.25, 0.3) is 0 Å². The van der Waals surface area contributed by atoms with Gasteiger partial charge in [0.2, 0.25) is 0 Å². The number of fused-ring (bicyclic) bond motifs is 1. The van der Waals surface area contributed by atoms with Crippen LogP contribution in [-0.4, -0.2) is 39.4 Å². The van der Waals surface area contributed by atoms with Crippen LogP contribution in [0.1, 0.15) is 47.8 Å². The van der Waals surface area contributed by atoms with E-state index in [1.165, 1.54) is 0 Å². The van der Waals surface area contributed by atoms with Gasteiger partial charge >= 0.3 is 0 Å². The zero-order valence-corrected chi connectivity index (χ0v) is 17.0. The minimum Gasteiger partial charge on any atom is -0.384 e. The van der Waals surface area contributed by atoms with Gasteiger partial charge < -0.3 is 9.67 Å². The number of benzene rings is 1. The number of para-hydroxylation sites is 2. The molecule has 1 aromatic carbocycles. The molecule has 1 aliphatic rings. The first-order valence-electron chi connectivity index (χ1n) is 9.74. The summed E-state index contributed by atoms with van der Waals surface area (Å²) in [5, 5.41) is 15.7. The van der Waals surface area contributed by atoms with Crippen LogP contribution in [0.4, 0.5) is 0 Å². The third kappa shape index (κ3) is 2.82. The maximum atomic E-state index is 11.3. The first kappa shape index (κ1) is 17.9. The molecule has 0 atom stereocenters. The van der Waals surface area contributed by atoms with Gasteiger partial charge in [0.05, 0.1) is 16.7 Å². The average molecular weight is 389 g/mol. The van der Waals surface area contributed by atoms with E-state index in [4.69, 9.17) is 4.98 Å². The van der Waals surface area contributed by atoms with Gasteiger partial charge in [0, 0.05) is 19.0 Å². The van der Waals surface area contributed by atoms with Crippen molar-refractivity contribution in [2.45, 2.75) is 45.1 Å². The van der Waals surface area contributed by atoms with Gasteiger partial charge in [-0.05, 0) is 45.7 Å². The van der Waals surface area contributed by atoms with Gasteiger partial charge in [-0.3, -0.25) is 0 Å². The van der Waals surface area contributed by atoms with Crippen LogP contribution in [0, 0.1) is 20.8 Å². The predicted molar refractivity (Wildman–Crippen MR) is 108 cm³/mol.